The lowest BCUT2D eigenvalue weighted by molar-refractivity contribution is -0.120. The molecule has 1 saturated carbocycles. The molecule has 104 valence electrons. The van der Waals surface area contributed by atoms with E-state index >= 15 is 0 Å². The van der Waals surface area contributed by atoms with E-state index in [9.17, 15) is 4.79 Å². The number of nitrogens with zero attached hydrogens (tertiary/aromatic N) is 1. The first-order valence-corrected chi connectivity index (χ1v) is 6.80. The Morgan fingerprint density at radius 2 is 2.21 bits per heavy atom. The quantitative estimate of drug-likeness (QED) is 0.853. The van der Waals surface area contributed by atoms with Gasteiger partial charge in [0.25, 0.3) is 0 Å². The number of aromatic nitrogens is 1. The van der Waals surface area contributed by atoms with E-state index in [0.717, 1.165) is 25.7 Å². The van der Waals surface area contributed by atoms with Crippen LogP contribution in [-0.4, -0.2) is 29.2 Å². The monoisotopic (exact) mass is 264 g/mol. The van der Waals surface area contributed by atoms with Crippen LogP contribution < -0.4 is 10.1 Å². The highest BCUT2D eigenvalue weighted by molar-refractivity contribution is 5.92. The Hall–Kier alpha value is -1.62. The number of aliphatic hydroxyl groups excluding tert-OH is 1. The minimum atomic E-state index is -0.0552. The molecule has 19 heavy (non-hydrogen) atoms. The zero-order valence-electron chi connectivity index (χ0n) is 11.0. The van der Waals surface area contributed by atoms with Gasteiger partial charge in [0.15, 0.2) is 0 Å². The molecule has 0 aliphatic heterocycles. The Morgan fingerprint density at radius 3 is 2.95 bits per heavy atom. The minimum absolute atomic E-state index is 0.0552. The van der Waals surface area contributed by atoms with Crippen molar-refractivity contribution in [1.29, 1.82) is 0 Å². The molecule has 0 bridgehead atoms. The average molecular weight is 264 g/mol. The van der Waals surface area contributed by atoms with Gasteiger partial charge in [-0.15, -0.1) is 0 Å². The summed E-state index contributed by atoms with van der Waals surface area (Å²) < 4.78 is 5.21. The number of hydrogen-bond acceptors (Lipinski definition) is 4. The van der Waals surface area contributed by atoms with E-state index in [1.54, 1.807) is 18.3 Å². The molecule has 0 saturated heterocycles. The van der Waals surface area contributed by atoms with E-state index in [1.807, 2.05) is 0 Å². The highest BCUT2D eigenvalue weighted by Gasteiger charge is 2.21. The highest BCUT2D eigenvalue weighted by atomic mass is 16.5. The van der Waals surface area contributed by atoms with Crippen molar-refractivity contribution >= 4 is 11.6 Å². The van der Waals surface area contributed by atoms with Gasteiger partial charge in [0.2, 0.25) is 11.8 Å². The number of anilines is 1. The Bertz CT molecular complexity index is 417. The van der Waals surface area contributed by atoms with Crippen molar-refractivity contribution in [2.24, 2.45) is 5.92 Å². The van der Waals surface area contributed by atoms with Crippen LogP contribution in [0.4, 0.5) is 5.69 Å². The first kappa shape index (κ1) is 13.8. The number of carbonyl (C=O) groups is 1. The Morgan fingerprint density at radius 1 is 1.42 bits per heavy atom. The van der Waals surface area contributed by atoms with Gasteiger partial charge in [-0.25, -0.2) is 4.98 Å². The van der Waals surface area contributed by atoms with Gasteiger partial charge in [-0.3, -0.25) is 4.79 Å². The fraction of sp³-hybridized carbons (Fsp3) is 0.571. The Labute approximate surface area is 113 Å². The Balaban J connectivity index is 1.92. The van der Waals surface area contributed by atoms with Crippen LogP contribution in [0.2, 0.25) is 0 Å². The number of amides is 1. The molecule has 2 rings (SSSR count). The van der Waals surface area contributed by atoms with Gasteiger partial charge in [0.05, 0.1) is 6.61 Å². The number of aliphatic hydroxyl groups is 1. The number of carbonyl (C=O) groups excluding carboxylic acids is 1. The summed E-state index contributed by atoms with van der Waals surface area (Å²) in [6.07, 6.45) is 7.05. The third-order valence-electron chi connectivity index (χ3n) is 3.32. The number of nitrogens with one attached hydrogen (secondary N) is 1. The van der Waals surface area contributed by atoms with Crippen molar-refractivity contribution in [3.8, 4) is 5.88 Å². The van der Waals surface area contributed by atoms with Crippen LogP contribution >= 0.6 is 0 Å². The van der Waals surface area contributed by atoms with Crippen molar-refractivity contribution in [1.82, 2.24) is 4.98 Å². The molecule has 1 aromatic rings. The summed E-state index contributed by atoms with van der Waals surface area (Å²) in [4.78, 5) is 16.1. The Kier molecular flexibility index (Phi) is 5.15. The van der Waals surface area contributed by atoms with E-state index in [1.165, 1.54) is 6.42 Å². The minimum Gasteiger partial charge on any atom is -0.475 e. The van der Waals surface area contributed by atoms with Crippen molar-refractivity contribution in [2.75, 3.05) is 18.5 Å². The SMILES string of the molecule is O=C(Nc1ccnc(OCCO)c1)C1CCCCC1. The van der Waals surface area contributed by atoms with Crippen molar-refractivity contribution in [2.45, 2.75) is 32.1 Å². The molecule has 1 amide bonds. The maximum Gasteiger partial charge on any atom is 0.227 e. The summed E-state index contributed by atoms with van der Waals surface area (Å²) in [7, 11) is 0. The molecule has 1 aliphatic rings. The molecule has 5 nitrogen and oxygen atoms in total. The van der Waals surface area contributed by atoms with Gasteiger partial charge in [-0.05, 0) is 18.9 Å². The van der Waals surface area contributed by atoms with Crippen LogP contribution in [0, 0.1) is 5.92 Å². The molecule has 1 fully saturated rings. The average Bonchev–Trinajstić information content (AvgIpc) is 2.46. The van der Waals surface area contributed by atoms with Crippen LogP contribution in [0.3, 0.4) is 0 Å². The summed E-state index contributed by atoms with van der Waals surface area (Å²) in [5.74, 6) is 0.623. The van der Waals surface area contributed by atoms with Crippen LogP contribution in [0.1, 0.15) is 32.1 Å². The first-order chi connectivity index (χ1) is 9.29. The van der Waals surface area contributed by atoms with E-state index in [0.29, 0.717) is 11.6 Å². The molecular formula is C14H20N2O3. The predicted octanol–water partition coefficient (Wildman–Crippen LogP) is 1.97. The first-order valence-electron chi connectivity index (χ1n) is 6.80. The molecule has 0 spiro atoms. The third-order valence-corrected chi connectivity index (χ3v) is 3.32. The number of ether oxygens (including phenoxy) is 1. The van der Waals surface area contributed by atoms with Gasteiger partial charge >= 0.3 is 0 Å². The fourth-order valence-electron chi connectivity index (χ4n) is 2.33. The summed E-state index contributed by atoms with van der Waals surface area (Å²) >= 11 is 0. The fourth-order valence-corrected chi connectivity index (χ4v) is 2.33. The zero-order chi connectivity index (χ0) is 13.5. The second-order valence-electron chi connectivity index (χ2n) is 4.78. The van der Waals surface area contributed by atoms with E-state index in [2.05, 4.69) is 10.3 Å². The van der Waals surface area contributed by atoms with Crippen LogP contribution in [0.15, 0.2) is 18.3 Å². The van der Waals surface area contributed by atoms with E-state index in [-0.39, 0.29) is 25.0 Å². The largest absolute Gasteiger partial charge is 0.475 e. The molecule has 1 aliphatic carbocycles. The maximum absolute atomic E-state index is 12.1. The molecule has 2 N–H and O–H groups in total. The number of rotatable bonds is 5. The molecule has 0 unspecified atom stereocenters. The van der Waals surface area contributed by atoms with Crippen molar-refractivity contribution < 1.29 is 14.6 Å². The molecular weight excluding hydrogens is 244 g/mol. The molecule has 5 heteroatoms. The van der Waals surface area contributed by atoms with Gasteiger partial charge in [0.1, 0.15) is 6.61 Å². The topological polar surface area (TPSA) is 71.5 Å². The predicted molar refractivity (Wildman–Crippen MR) is 72.0 cm³/mol. The summed E-state index contributed by atoms with van der Waals surface area (Å²) in [5, 5.41) is 11.6. The molecule has 0 aromatic carbocycles. The van der Waals surface area contributed by atoms with Gasteiger partial charge in [-0.1, -0.05) is 19.3 Å². The molecule has 1 aromatic heterocycles. The summed E-state index contributed by atoms with van der Waals surface area (Å²) in [6.45, 7) is 0.146. The third kappa shape index (κ3) is 4.21. The number of hydrogen-bond donors (Lipinski definition) is 2. The lowest BCUT2D eigenvalue weighted by atomic mass is 9.88. The summed E-state index contributed by atoms with van der Waals surface area (Å²) in [6, 6.07) is 3.42. The molecule has 1 heterocycles. The second kappa shape index (κ2) is 7.09. The lowest BCUT2D eigenvalue weighted by Gasteiger charge is -2.20. The van der Waals surface area contributed by atoms with Crippen LogP contribution in [-0.2, 0) is 4.79 Å². The van der Waals surface area contributed by atoms with Crippen molar-refractivity contribution in [3.05, 3.63) is 18.3 Å². The summed E-state index contributed by atoms with van der Waals surface area (Å²) in [5.41, 5.74) is 0.693. The van der Waals surface area contributed by atoms with Gasteiger partial charge in [-0.2, -0.15) is 0 Å². The van der Waals surface area contributed by atoms with Crippen LogP contribution in [0.5, 0.6) is 5.88 Å². The second-order valence-corrected chi connectivity index (χ2v) is 4.78. The van der Waals surface area contributed by atoms with Gasteiger partial charge < -0.3 is 15.2 Å². The van der Waals surface area contributed by atoms with E-state index < -0.39 is 0 Å². The zero-order valence-corrected chi connectivity index (χ0v) is 11.0. The maximum atomic E-state index is 12.1. The van der Waals surface area contributed by atoms with Crippen LogP contribution in [0.25, 0.3) is 0 Å². The van der Waals surface area contributed by atoms with E-state index in [4.69, 9.17) is 9.84 Å². The molecule has 0 atom stereocenters. The normalized spacial score (nSPS) is 16.1. The number of pyridine rings is 1. The lowest BCUT2D eigenvalue weighted by Crippen LogP contribution is -2.24. The standard InChI is InChI=1S/C14H20N2O3/c17-8-9-19-13-10-12(6-7-15-13)16-14(18)11-4-2-1-3-5-11/h6-7,10-11,17H,1-5,8-9H2,(H,15,16,18). The van der Waals surface area contributed by atoms with Gasteiger partial charge in [0, 0.05) is 23.9 Å². The smallest absolute Gasteiger partial charge is 0.227 e. The molecule has 0 radical (unpaired) electrons. The highest BCUT2D eigenvalue weighted by Crippen LogP contribution is 2.25. The van der Waals surface area contributed by atoms with Crippen molar-refractivity contribution in [3.63, 3.8) is 0 Å².